The second kappa shape index (κ2) is 2.88. The summed E-state index contributed by atoms with van der Waals surface area (Å²) in [6.07, 6.45) is 0. The maximum Gasteiger partial charge on any atom is 0.316 e. The number of nitrogens with zero attached hydrogens (tertiary/aromatic N) is 1. The third-order valence-corrected chi connectivity index (χ3v) is 1.53. The Morgan fingerprint density at radius 1 is 1.70 bits per heavy atom. The molecule has 0 aromatic rings. The van der Waals surface area contributed by atoms with E-state index in [0.717, 1.165) is 0 Å². The van der Waals surface area contributed by atoms with Crippen LogP contribution < -0.4 is 5.32 Å². The first-order valence-electron chi connectivity index (χ1n) is 2.91. The average Bonchev–Trinajstić information content (AvgIpc) is 1.88. The Kier molecular flexibility index (Phi) is 2.11. The second-order valence-electron chi connectivity index (χ2n) is 2.02. The van der Waals surface area contributed by atoms with Gasteiger partial charge in [-0.1, -0.05) is 0 Å². The van der Waals surface area contributed by atoms with Crippen LogP contribution in [0.4, 0.5) is 4.79 Å². The highest BCUT2D eigenvalue weighted by molar-refractivity contribution is 6.62. The first kappa shape index (κ1) is 7.34. The molecule has 1 aliphatic rings. The van der Waals surface area contributed by atoms with Crippen LogP contribution in [0.5, 0.6) is 0 Å². The summed E-state index contributed by atoms with van der Waals surface area (Å²) >= 11 is 5.13. The van der Waals surface area contributed by atoms with Gasteiger partial charge in [-0.2, -0.15) is 0 Å². The van der Waals surface area contributed by atoms with Gasteiger partial charge >= 0.3 is 5.37 Å². The Morgan fingerprint density at radius 3 is 2.80 bits per heavy atom. The molecular weight excluding hydrogens is 156 g/mol. The molecular formula is C5H7ClN2O2. The van der Waals surface area contributed by atoms with Crippen LogP contribution in [0.15, 0.2) is 0 Å². The van der Waals surface area contributed by atoms with E-state index in [-0.39, 0.29) is 12.5 Å². The van der Waals surface area contributed by atoms with Gasteiger partial charge < -0.3 is 10.2 Å². The Bertz CT molecular complexity index is 169. The van der Waals surface area contributed by atoms with Crippen molar-refractivity contribution in [3.05, 3.63) is 0 Å². The van der Waals surface area contributed by atoms with Crippen LogP contribution in [-0.2, 0) is 4.79 Å². The number of halogens is 1. The number of carbonyl (C=O) groups excluding carboxylic acids is 2. The van der Waals surface area contributed by atoms with E-state index in [1.54, 1.807) is 0 Å². The topological polar surface area (TPSA) is 49.4 Å². The second-order valence-corrected chi connectivity index (χ2v) is 2.35. The minimum atomic E-state index is -0.560. The molecule has 1 fully saturated rings. The molecule has 0 unspecified atom stereocenters. The van der Waals surface area contributed by atoms with E-state index < -0.39 is 5.37 Å². The highest BCUT2D eigenvalue weighted by Gasteiger charge is 2.18. The van der Waals surface area contributed by atoms with Crippen LogP contribution in [0.25, 0.3) is 0 Å². The van der Waals surface area contributed by atoms with Crippen molar-refractivity contribution in [3.8, 4) is 0 Å². The lowest BCUT2D eigenvalue weighted by Crippen LogP contribution is -2.48. The molecule has 56 valence electrons. The van der Waals surface area contributed by atoms with Gasteiger partial charge in [-0.15, -0.1) is 0 Å². The molecule has 1 N–H and O–H groups in total. The lowest BCUT2D eigenvalue weighted by atomic mass is 10.4. The van der Waals surface area contributed by atoms with Gasteiger partial charge in [0.25, 0.3) is 0 Å². The molecule has 1 heterocycles. The molecule has 0 aliphatic carbocycles. The van der Waals surface area contributed by atoms with Crippen LogP contribution in [0.1, 0.15) is 0 Å². The predicted octanol–water partition coefficient (Wildman–Crippen LogP) is -0.223. The van der Waals surface area contributed by atoms with E-state index in [1.807, 2.05) is 0 Å². The van der Waals surface area contributed by atoms with Gasteiger partial charge in [0, 0.05) is 13.1 Å². The van der Waals surface area contributed by atoms with E-state index in [4.69, 9.17) is 11.6 Å². The van der Waals surface area contributed by atoms with Crippen LogP contribution in [0.3, 0.4) is 0 Å². The Hall–Kier alpha value is -0.770. The zero-order valence-electron chi connectivity index (χ0n) is 5.26. The standard InChI is InChI=1S/C5H7ClN2O2/c6-5(10)8-2-1-7-4(9)3-8/h1-3H2,(H,7,9). The highest BCUT2D eigenvalue weighted by Crippen LogP contribution is 1.97. The molecule has 2 amide bonds. The van der Waals surface area contributed by atoms with Crippen molar-refractivity contribution in [1.29, 1.82) is 0 Å². The van der Waals surface area contributed by atoms with E-state index in [1.165, 1.54) is 4.90 Å². The van der Waals surface area contributed by atoms with Gasteiger partial charge in [0.15, 0.2) is 0 Å². The van der Waals surface area contributed by atoms with Gasteiger partial charge in [0.1, 0.15) is 6.54 Å². The maximum absolute atomic E-state index is 10.6. The predicted molar refractivity (Wildman–Crippen MR) is 35.8 cm³/mol. The number of carbonyl (C=O) groups is 2. The third kappa shape index (κ3) is 1.60. The fraction of sp³-hybridized carbons (Fsp3) is 0.600. The Labute approximate surface area is 63.1 Å². The van der Waals surface area contributed by atoms with Crippen molar-refractivity contribution in [2.24, 2.45) is 0 Å². The lowest BCUT2D eigenvalue weighted by Gasteiger charge is -2.23. The monoisotopic (exact) mass is 162 g/mol. The van der Waals surface area contributed by atoms with Gasteiger partial charge in [0.2, 0.25) is 5.91 Å². The third-order valence-electron chi connectivity index (χ3n) is 1.29. The first-order chi connectivity index (χ1) is 4.70. The minimum absolute atomic E-state index is 0.0856. The maximum atomic E-state index is 10.6. The summed E-state index contributed by atoms with van der Waals surface area (Å²) in [4.78, 5) is 22.4. The van der Waals surface area contributed by atoms with Crippen molar-refractivity contribution in [1.82, 2.24) is 10.2 Å². The van der Waals surface area contributed by atoms with Crippen molar-refractivity contribution in [2.75, 3.05) is 19.6 Å². The van der Waals surface area contributed by atoms with Crippen molar-refractivity contribution >= 4 is 22.9 Å². The lowest BCUT2D eigenvalue weighted by molar-refractivity contribution is -0.123. The Balaban J connectivity index is 2.47. The molecule has 0 saturated carbocycles. The summed E-state index contributed by atoms with van der Waals surface area (Å²) in [5.74, 6) is -0.153. The first-order valence-corrected chi connectivity index (χ1v) is 3.29. The molecule has 1 saturated heterocycles. The van der Waals surface area contributed by atoms with Crippen LogP contribution >= 0.6 is 11.6 Å². The minimum Gasteiger partial charge on any atom is -0.353 e. The van der Waals surface area contributed by atoms with E-state index >= 15 is 0 Å². The molecule has 0 aromatic heterocycles. The van der Waals surface area contributed by atoms with Gasteiger partial charge in [-0.05, 0) is 11.6 Å². The number of piperazine rings is 1. The summed E-state index contributed by atoms with van der Waals surface area (Å²) < 4.78 is 0. The largest absolute Gasteiger partial charge is 0.353 e. The van der Waals surface area contributed by atoms with Gasteiger partial charge in [-0.3, -0.25) is 9.59 Å². The molecule has 0 atom stereocenters. The summed E-state index contributed by atoms with van der Waals surface area (Å²) in [6, 6.07) is 0. The fourth-order valence-corrected chi connectivity index (χ4v) is 0.933. The summed E-state index contributed by atoms with van der Waals surface area (Å²) in [5, 5.41) is 2.02. The number of hydrogen-bond donors (Lipinski definition) is 1. The number of hydrogen-bond acceptors (Lipinski definition) is 2. The molecule has 5 heteroatoms. The summed E-state index contributed by atoms with van der Waals surface area (Å²) in [7, 11) is 0. The van der Waals surface area contributed by atoms with E-state index in [0.29, 0.717) is 13.1 Å². The molecule has 0 radical (unpaired) electrons. The van der Waals surface area contributed by atoms with E-state index in [9.17, 15) is 9.59 Å². The Morgan fingerprint density at radius 2 is 2.40 bits per heavy atom. The molecule has 0 spiro atoms. The highest BCUT2D eigenvalue weighted by atomic mass is 35.5. The smallest absolute Gasteiger partial charge is 0.316 e. The SMILES string of the molecule is O=C1CN(C(=O)Cl)CCN1. The molecule has 1 rings (SSSR count). The van der Waals surface area contributed by atoms with Crippen LogP contribution in [0, 0.1) is 0 Å². The molecule has 4 nitrogen and oxygen atoms in total. The molecule has 1 aliphatic heterocycles. The molecule has 0 aromatic carbocycles. The van der Waals surface area contributed by atoms with Gasteiger partial charge in [0.05, 0.1) is 0 Å². The van der Waals surface area contributed by atoms with Crippen molar-refractivity contribution in [3.63, 3.8) is 0 Å². The van der Waals surface area contributed by atoms with E-state index in [2.05, 4.69) is 5.32 Å². The number of rotatable bonds is 0. The van der Waals surface area contributed by atoms with Crippen molar-refractivity contribution < 1.29 is 9.59 Å². The van der Waals surface area contributed by atoms with Crippen molar-refractivity contribution in [2.45, 2.75) is 0 Å². The number of amides is 2. The zero-order valence-corrected chi connectivity index (χ0v) is 6.02. The fourth-order valence-electron chi connectivity index (χ4n) is 0.789. The molecule has 10 heavy (non-hydrogen) atoms. The normalized spacial score (nSPS) is 18.5. The van der Waals surface area contributed by atoms with Crippen LogP contribution in [-0.4, -0.2) is 35.8 Å². The quantitative estimate of drug-likeness (QED) is 0.396. The zero-order chi connectivity index (χ0) is 7.56. The molecule has 0 bridgehead atoms. The average molecular weight is 163 g/mol. The number of nitrogens with one attached hydrogen (secondary N) is 1. The van der Waals surface area contributed by atoms with Gasteiger partial charge in [-0.25, -0.2) is 0 Å². The summed E-state index contributed by atoms with van der Waals surface area (Å²) in [5.41, 5.74) is 0. The summed E-state index contributed by atoms with van der Waals surface area (Å²) in [6.45, 7) is 1.09. The van der Waals surface area contributed by atoms with Crippen LogP contribution in [0.2, 0.25) is 0 Å².